The maximum Gasteiger partial charge on any atom is 0.187 e. The van der Waals surface area contributed by atoms with Gasteiger partial charge in [-0.1, -0.05) is 22.9 Å². The van der Waals surface area contributed by atoms with Crippen molar-refractivity contribution < 1.29 is 10.2 Å². The zero-order valence-electron chi connectivity index (χ0n) is 12.6. The maximum absolute atomic E-state index is 10.3. The normalized spacial score (nSPS) is 10.7. The van der Waals surface area contributed by atoms with Gasteiger partial charge >= 0.3 is 0 Å². The Morgan fingerprint density at radius 1 is 1.09 bits per heavy atom. The molecule has 3 aromatic rings. The number of nitrogens with zero attached hydrogens (tertiary/aromatic N) is 1. The van der Waals surface area contributed by atoms with Crippen LogP contribution in [0.15, 0.2) is 36.5 Å². The highest BCUT2D eigenvalue weighted by Gasteiger charge is 2.15. The highest BCUT2D eigenvalue weighted by Crippen LogP contribution is 2.41. The van der Waals surface area contributed by atoms with Crippen molar-refractivity contribution in [3.8, 4) is 21.9 Å². The van der Waals surface area contributed by atoms with Gasteiger partial charge in [0.2, 0.25) is 0 Å². The number of rotatable bonds is 3. The molecule has 0 saturated carbocycles. The van der Waals surface area contributed by atoms with E-state index in [0.717, 1.165) is 10.6 Å². The van der Waals surface area contributed by atoms with Gasteiger partial charge in [-0.25, -0.2) is 4.98 Å². The van der Waals surface area contributed by atoms with Gasteiger partial charge in [-0.15, -0.1) is 0 Å². The third kappa shape index (κ3) is 3.11. The zero-order valence-corrected chi connectivity index (χ0v) is 14.2. The minimum atomic E-state index is 0.163. The Hall–Kier alpha value is -2.24. The van der Waals surface area contributed by atoms with Gasteiger partial charge in [-0.2, -0.15) is 0 Å². The minimum absolute atomic E-state index is 0.163. The van der Waals surface area contributed by atoms with Gasteiger partial charge in [-0.05, 0) is 55.3 Å². The van der Waals surface area contributed by atoms with Crippen LogP contribution < -0.4 is 5.32 Å². The molecule has 23 heavy (non-hydrogen) atoms. The van der Waals surface area contributed by atoms with E-state index >= 15 is 0 Å². The number of hydrogen-bond acceptors (Lipinski definition) is 5. The number of benzene rings is 2. The van der Waals surface area contributed by atoms with Crippen molar-refractivity contribution in [1.82, 2.24) is 4.98 Å². The molecule has 0 bridgehead atoms. The summed E-state index contributed by atoms with van der Waals surface area (Å²) in [5.41, 5.74) is 2.80. The Bertz CT molecular complexity index is 860. The summed E-state index contributed by atoms with van der Waals surface area (Å²) in [7, 11) is 0. The first kappa shape index (κ1) is 15.6. The molecule has 1 aromatic heterocycles. The van der Waals surface area contributed by atoms with Gasteiger partial charge in [0, 0.05) is 22.5 Å². The van der Waals surface area contributed by atoms with E-state index in [4.69, 9.17) is 11.6 Å². The first-order valence-electron chi connectivity index (χ1n) is 6.96. The molecule has 118 valence electrons. The molecular weight excluding hydrogens is 332 g/mol. The van der Waals surface area contributed by atoms with Crippen LogP contribution in [0.4, 0.5) is 10.8 Å². The number of thiazole rings is 1. The lowest BCUT2D eigenvalue weighted by Gasteiger charge is -2.10. The highest BCUT2D eigenvalue weighted by atomic mass is 35.5. The van der Waals surface area contributed by atoms with Crippen molar-refractivity contribution in [1.29, 1.82) is 0 Å². The molecule has 0 aliphatic carbocycles. The Morgan fingerprint density at radius 2 is 1.78 bits per heavy atom. The molecule has 6 heteroatoms. The fraction of sp³-hybridized carbons (Fsp3) is 0.118. The van der Waals surface area contributed by atoms with Crippen LogP contribution in [0.2, 0.25) is 5.02 Å². The fourth-order valence-electron chi connectivity index (χ4n) is 2.19. The Labute approximate surface area is 143 Å². The summed E-state index contributed by atoms with van der Waals surface area (Å²) in [5.74, 6) is 0.331. The number of aromatic hydroxyl groups is 2. The molecule has 4 nitrogen and oxygen atoms in total. The molecule has 0 amide bonds. The molecule has 0 fully saturated rings. The van der Waals surface area contributed by atoms with Crippen molar-refractivity contribution in [3.05, 3.63) is 52.7 Å². The van der Waals surface area contributed by atoms with Gasteiger partial charge < -0.3 is 15.5 Å². The van der Waals surface area contributed by atoms with Crippen LogP contribution in [-0.4, -0.2) is 15.2 Å². The number of aromatic nitrogens is 1. The Balaban J connectivity index is 1.92. The van der Waals surface area contributed by atoms with Crippen LogP contribution in [0.1, 0.15) is 11.1 Å². The summed E-state index contributed by atoms with van der Waals surface area (Å²) in [6.45, 7) is 3.55. The monoisotopic (exact) mass is 346 g/mol. The predicted octanol–water partition coefficient (Wildman–Crippen LogP) is 5.24. The molecule has 0 atom stereocenters. The summed E-state index contributed by atoms with van der Waals surface area (Å²) in [6, 6.07) is 8.89. The summed E-state index contributed by atoms with van der Waals surface area (Å²) >= 11 is 7.26. The smallest absolute Gasteiger partial charge is 0.187 e. The summed E-state index contributed by atoms with van der Waals surface area (Å²) in [6.07, 6.45) is 1.67. The van der Waals surface area contributed by atoms with E-state index in [1.54, 1.807) is 38.2 Å². The maximum atomic E-state index is 10.3. The second kappa shape index (κ2) is 6.10. The SMILES string of the molecule is Cc1c(O)cc(-c2cnc(Nc3ccc(Cl)cc3)s2)c(O)c1C. The lowest BCUT2D eigenvalue weighted by molar-refractivity contribution is 0.455. The molecule has 0 spiro atoms. The third-order valence-electron chi connectivity index (χ3n) is 3.70. The second-order valence-electron chi connectivity index (χ2n) is 5.20. The van der Waals surface area contributed by atoms with E-state index in [1.807, 2.05) is 12.1 Å². The topological polar surface area (TPSA) is 65.4 Å². The van der Waals surface area contributed by atoms with E-state index in [-0.39, 0.29) is 11.5 Å². The van der Waals surface area contributed by atoms with Crippen molar-refractivity contribution in [2.24, 2.45) is 0 Å². The van der Waals surface area contributed by atoms with Crippen LogP contribution in [0, 0.1) is 13.8 Å². The lowest BCUT2D eigenvalue weighted by Crippen LogP contribution is -1.87. The first-order chi connectivity index (χ1) is 11.0. The van der Waals surface area contributed by atoms with Crippen molar-refractivity contribution in [2.75, 3.05) is 5.32 Å². The van der Waals surface area contributed by atoms with Crippen LogP contribution in [0.5, 0.6) is 11.5 Å². The third-order valence-corrected chi connectivity index (χ3v) is 4.90. The number of nitrogens with one attached hydrogen (secondary N) is 1. The summed E-state index contributed by atoms with van der Waals surface area (Å²) < 4.78 is 0. The van der Waals surface area contributed by atoms with Crippen molar-refractivity contribution in [2.45, 2.75) is 13.8 Å². The van der Waals surface area contributed by atoms with Crippen LogP contribution in [0.25, 0.3) is 10.4 Å². The number of hydrogen-bond donors (Lipinski definition) is 3. The molecule has 3 rings (SSSR count). The number of phenols is 2. The van der Waals surface area contributed by atoms with E-state index in [0.29, 0.717) is 26.8 Å². The molecule has 0 radical (unpaired) electrons. The first-order valence-corrected chi connectivity index (χ1v) is 8.16. The largest absolute Gasteiger partial charge is 0.508 e. The Kier molecular flexibility index (Phi) is 4.15. The molecule has 0 aliphatic rings. The van der Waals surface area contributed by atoms with Gasteiger partial charge in [0.15, 0.2) is 5.13 Å². The summed E-state index contributed by atoms with van der Waals surface area (Å²) in [5, 5.41) is 24.9. The predicted molar refractivity (Wildman–Crippen MR) is 95.1 cm³/mol. The van der Waals surface area contributed by atoms with Gasteiger partial charge in [-0.3, -0.25) is 0 Å². The zero-order chi connectivity index (χ0) is 16.6. The lowest BCUT2D eigenvalue weighted by atomic mass is 10.0. The average molecular weight is 347 g/mol. The van der Waals surface area contributed by atoms with Crippen molar-refractivity contribution >= 4 is 33.8 Å². The molecule has 2 aromatic carbocycles. The van der Waals surface area contributed by atoms with E-state index in [9.17, 15) is 10.2 Å². The fourth-order valence-corrected chi connectivity index (χ4v) is 3.17. The summed E-state index contributed by atoms with van der Waals surface area (Å²) in [4.78, 5) is 5.09. The van der Waals surface area contributed by atoms with E-state index in [2.05, 4.69) is 10.3 Å². The standard InChI is InChI=1S/C17H15ClN2O2S/c1-9-10(2)16(22)13(7-14(9)21)15-8-19-17(23-15)20-12-5-3-11(18)4-6-12/h3-8,21-22H,1-2H3,(H,19,20). The Morgan fingerprint density at radius 3 is 2.48 bits per heavy atom. The van der Waals surface area contributed by atoms with Crippen molar-refractivity contribution in [3.63, 3.8) is 0 Å². The number of halogens is 1. The molecule has 1 heterocycles. The molecule has 0 unspecified atom stereocenters. The van der Waals surface area contributed by atoms with Gasteiger partial charge in [0.25, 0.3) is 0 Å². The van der Waals surface area contributed by atoms with E-state index < -0.39 is 0 Å². The molecule has 3 N–H and O–H groups in total. The van der Waals surface area contributed by atoms with E-state index in [1.165, 1.54) is 11.3 Å². The van der Waals surface area contributed by atoms with Crippen LogP contribution in [0.3, 0.4) is 0 Å². The minimum Gasteiger partial charge on any atom is -0.508 e. The molecule has 0 aliphatic heterocycles. The number of anilines is 2. The van der Waals surface area contributed by atoms with Crippen LogP contribution in [-0.2, 0) is 0 Å². The highest BCUT2D eigenvalue weighted by molar-refractivity contribution is 7.19. The number of phenolic OH excluding ortho intramolecular Hbond substituents is 2. The molecule has 0 saturated heterocycles. The van der Waals surface area contributed by atoms with Crippen LogP contribution >= 0.6 is 22.9 Å². The second-order valence-corrected chi connectivity index (χ2v) is 6.67. The average Bonchev–Trinajstić information content (AvgIpc) is 2.99. The van der Waals surface area contributed by atoms with Gasteiger partial charge in [0.05, 0.1) is 4.88 Å². The quantitative estimate of drug-likeness (QED) is 0.568. The molecular formula is C17H15ClN2O2S. The van der Waals surface area contributed by atoms with Gasteiger partial charge in [0.1, 0.15) is 11.5 Å².